The number of anilines is 1. The summed E-state index contributed by atoms with van der Waals surface area (Å²) in [5.74, 6) is 0.644. The van der Waals surface area contributed by atoms with E-state index in [9.17, 15) is 4.79 Å². The lowest BCUT2D eigenvalue weighted by Gasteiger charge is -2.23. The molecule has 5 nitrogen and oxygen atoms in total. The van der Waals surface area contributed by atoms with Gasteiger partial charge < -0.3 is 9.80 Å². The van der Waals surface area contributed by atoms with Crippen LogP contribution in [-0.2, 0) is 0 Å². The van der Waals surface area contributed by atoms with E-state index in [4.69, 9.17) is 5.26 Å². The van der Waals surface area contributed by atoms with E-state index in [0.29, 0.717) is 12.0 Å². The standard InChI is InChI=1S/C13H18N4O/c1-10(5-7-14)17(4)13(18)11-6-8-15-12(9-11)16(2)3/h6,8-10H,5H2,1-4H3/t10-/m1/s1. The molecular formula is C13H18N4O. The molecule has 1 atom stereocenters. The molecule has 1 rings (SSSR count). The zero-order chi connectivity index (χ0) is 13.7. The zero-order valence-electron chi connectivity index (χ0n) is 11.2. The molecule has 0 aliphatic heterocycles. The highest BCUT2D eigenvalue weighted by Gasteiger charge is 2.17. The summed E-state index contributed by atoms with van der Waals surface area (Å²) >= 11 is 0. The number of amides is 1. The lowest BCUT2D eigenvalue weighted by atomic mass is 10.1. The van der Waals surface area contributed by atoms with Crippen molar-refractivity contribution < 1.29 is 4.79 Å². The van der Waals surface area contributed by atoms with Gasteiger partial charge in [0.05, 0.1) is 12.5 Å². The number of aromatic nitrogens is 1. The first-order valence-corrected chi connectivity index (χ1v) is 5.75. The van der Waals surface area contributed by atoms with Crippen LogP contribution in [0.15, 0.2) is 18.3 Å². The van der Waals surface area contributed by atoms with Crippen LogP contribution in [0.5, 0.6) is 0 Å². The van der Waals surface area contributed by atoms with Crippen molar-refractivity contribution in [1.29, 1.82) is 5.26 Å². The smallest absolute Gasteiger partial charge is 0.254 e. The van der Waals surface area contributed by atoms with Gasteiger partial charge in [0.2, 0.25) is 0 Å². The molecule has 1 aromatic rings. The Hall–Kier alpha value is -2.09. The minimum Gasteiger partial charge on any atom is -0.363 e. The minimum absolute atomic E-state index is 0.0942. The first-order valence-electron chi connectivity index (χ1n) is 5.75. The van der Waals surface area contributed by atoms with Crippen molar-refractivity contribution in [3.63, 3.8) is 0 Å². The van der Waals surface area contributed by atoms with Gasteiger partial charge in [0.1, 0.15) is 5.82 Å². The maximum absolute atomic E-state index is 12.2. The number of nitrogens with zero attached hydrogens (tertiary/aromatic N) is 4. The molecule has 0 aliphatic rings. The Morgan fingerprint density at radius 1 is 1.50 bits per heavy atom. The van der Waals surface area contributed by atoms with Gasteiger partial charge >= 0.3 is 0 Å². The molecule has 0 saturated carbocycles. The van der Waals surface area contributed by atoms with Crippen LogP contribution in [0, 0.1) is 11.3 Å². The topological polar surface area (TPSA) is 60.2 Å². The van der Waals surface area contributed by atoms with Gasteiger partial charge in [0, 0.05) is 38.9 Å². The lowest BCUT2D eigenvalue weighted by molar-refractivity contribution is 0.0746. The lowest BCUT2D eigenvalue weighted by Crippen LogP contribution is -2.34. The van der Waals surface area contributed by atoms with Gasteiger partial charge in [0.25, 0.3) is 5.91 Å². The number of carbonyl (C=O) groups is 1. The number of hydrogen-bond donors (Lipinski definition) is 0. The van der Waals surface area contributed by atoms with E-state index in [2.05, 4.69) is 11.1 Å². The van der Waals surface area contributed by atoms with Crippen LogP contribution in [0.1, 0.15) is 23.7 Å². The molecule has 5 heteroatoms. The van der Waals surface area contributed by atoms with Crippen molar-refractivity contribution in [2.45, 2.75) is 19.4 Å². The molecule has 18 heavy (non-hydrogen) atoms. The van der Waals surface area contributed by atoms with Crippen molar-refractivity contribution in [1.82, 2.24) is 9.88 Å². The van der Waals surface area contributed by atoms with Gasteiger partial charge in [-0.25, -0.2) is 4.98 Å². The maximum atomic E-state index is 12.2. The number of hydrogen-bond acceptors (Lipinski definition) is 4. The Kier molecular flexibility index (Phi) is 4.67. The molecule has 1 amide bonds. The second-order valence-corrected chi connectivity index (χ2v) is 4.42. The van der Waals surface area contributed by atoms with Crippen LogP contribution in [0.4, 0.5) is 5.82 Å². The average molecular weight is 246 g/mol. The van der Waals surface area contributed by atoms with Crippen molar-refractivity contribution >= 4 is 11.7 Å². The summed E-state index contributed by atoms with van der Waals surface area (Å²) in [4.78, 5) is 19.8. The van der Waals surface area contributed by atoms with Crippen LogP contribution in [0.2, 0.25) is 0 Å². The molecule has 1 aromatic heterocycles. The summed E-state index contributed by atoms with van der Waals surface area (Å²) in [6.45, 7) is 1.86. The molecule has 0 bridgehead atoms. The van der Waals surface area contributed by atoms with E-state index in [0.717, 1.165) is 5.82 Å². The normalized spacial score (nSPS) is 11.5. The SMILES string of the molecule is C[C@H](CC#N)N(C)C(=O)c1ccnc(N(C)C)c1. The van der Waals surface area contributed by atoms with E-state index in [1.807, 2.05) is 25.9 Å². The summed E-state index contributed by atoms with van der Waals surface area (Å²) < 4.78 is 0. The second-order valence-electron chi connectivity index (χ2n) is 4.42. The number of pyridine rings is 1. The number of rotatable bonds is 4. The Balaban J connectivity index is 2.90. The fraction of sp³-hybridized carbons (Fsp3) is 0.462. The summed E-state index contributed by atoms with van der Waals surface area (Å²) in [6, 6.07) is 5.40. The predicted octanol–water partition coefficient (Wildman–Crippen LogP) is 1.52. The van der Waals surface area contributed by atoms with Gasteiger partial charge in [-0.15, -0.1) is 0 Å². The molecule has 0 N–H and O–H groups in total. The highest BCUT2D eigenvalue weighted by atomic mass is 16.2. The fourth-order valence-electron chi connectivity index (χ4n) is 1.47. The molecule has 1 heterocycles. The van der Waals surface area contributed by atoms with Gasteiger partial charge in [-0.1, -0.05) is 0 Å². The molecule has 0 radical (unpaired) electrons. The number of nitriles is 1. The Morgan fingerprint density at radius 3 is 2.72 bits per heavy atom. The van der Waals surface area contributed by atoms with Crippen LogP contribution >= 0.6 is 0 Å². The van der Waals surface area contributed by atoms with Gasteiger partial charge in [0.15, 0.2) is 0 Å². The summed E-state index contributed by atoms with van der Waals surface area (Å²) in [5, 5.41) is 8.65. The Bertz CT molecular complexity index is 464. The average Bonchev–Trinajstić information content (AvgIpc) is 2.37. The van der Waals surface area contributed by atoms with E-state index >= 15 is 0 Å². The highest BCUT2D eigenvalue weighted by Crippen LogP contribution is 2.13. The molecule has 0 aliphatic carbocycles. The minimum atomic E-state index is -0.0986. The predicted molar refractivity (Wildman–Crippen MR) is 70.3 cm³/mol. The monoisotopic (exact) mass is 246 g/mol. The molecule has 0 spiro atoms. The van der Waals surface area contributed by atoms with Crippen molar-refractivity contribution in [3.05, 3.63) is 23.9 Å². The molecule has 0 unspecified atom stereocenters. The molecule has 0 aromatic carbocycles. The second kappa shape index (κ2) is 6.01. The molecule has 0 saturated heterocycles. The first kappa shape index (κ1) is 14.0. The summed E-state index contributed by atoms with van der Waals surface area (Å²) in [7, 11) is 5.46. The largest absolute Gasteiger partial charge is 0.363 e. The van der Waals surface area contributed by atoms with Crippen LogP contribution in [0.3, 0.4) is 0 Å². The first-order chi connectivity index (χ1) is 8.47. The summed E-state index contributed by atoms with van der Waals surface area (Å²) in [5.41, 5.74) is 0.584. The Labute approximate surface area is 108 Å². The maximum Gasteiger partial charge on any atom is 0.254 e. The summed E-state index contributed by atoms with van der Waals surface area (Å²) in [6.07, 6.45) is 1.94. The molecule has 96 valence electrons. The van der Waals surface area contributed by atoms with E-state index in [1.165, 1.54) is 0 Å². The van der Waals surface area contributed by atoms with E-state index < -0.39 is 0 Å². The quantitative estimate of drug-likeness (QED) is 0.808. The third kappa shape index (κ3) is 3.20. The fourth-order valence-corrected chi connectivity index (χ4v) is 1.47. The van der Waals surface area contributed by atoms with E-state index in [-0.39, 0.29) is 11.9 Å². The molecular weight excluding hydrogens is 228 g/mol. The van der Waals surface area contributed by atoms with Gasteiger partial charge in [-0.05, 0) is 19.1 Å². The van der Waals surface area contributed by atoms with Crippen LogP contribution in [-0.4, -0.2) is 43.0 Å². The Morgan fingerprint density at radius 2 is 2.17 bits per heavy atom. The van der Waals surface area contributed by atoms with Gasteiger partial charge in [-0.3, -0.25) is 4.79 Å². The number of carbonyl (C=O) groups excluding carboxylic acids is 1. The van der Waals surface area contributed by atoms with Crippen molar-refractivity contribution in [3.8, 4) is 6.07 Å². The van der Waals surface area contributed by atoms with Gasteiger partial charge in [-0.2, -0.15) is 5.26 Å². The van der Waals surface area contributed by atoms with Crippen molar-refractivity contribution in [2.24, 2.45) is 0 Å². The van der Waals surface area contributed by atoms with Crippen LogP contribution < -0.4 is 4.90 Å². The third-order valence-electron chi connectivity index (χ3n) is 2.82. The van der Waals surface area contributed by atoms with Crippen LogP contribution in [0.25, 0.3) is 0 Å². The molecule has 0 fully saturated rings. The van der Waals surface area contributed by atoms with Crippen molar-refractivity contribution in [2.75, 3.05) is 26.0 Å². The highest BCUT2D eigenvalue weighted by molar-refractivity contribution is 5.94. The zero-order valence-corrected chi connectivity index (χ0v) is 11.2. The third-order valence-corrected chi connectivity index (χ3v) is 2.82. The van der Waals surface area contributed by atoms with E-state index in [1.54, 1.807) is 30.3 Å².